The molecule has 0 saturated carbocycles. The lowest BCUT2D eigenvalue weighted by Gasteiger charge is -2.06. The molecular weight excluding hydrogens is 270 g/mol. The molecule has 0 radical (unpaired) electrons. The highest BCUT2D eigenvalue weighted by atomic mass is 32.1. The van der Waals surface area contributed by atoms with Gasteiger partial charge in [-0.2, -0.15) is 4.98 Å². The molecule has 2 N–H and O–H groups in total. The van der Waals surface area contributed by atoms with Crippen LogP contribution in [-0.2, 0) is 12.8 Å². The van der Waals surface area contributed by atoms with E-state index in [0.29, 0.717) is 12.4 Å². The molecule has 0 unspecified atom stereocenters. The highest BCUT2D eigenvalue weighted by molar-refractivity contribution is 7.15. The number of rotatable bonds is 5. The van der Waals surface area contributed by atoms with Crippen molar-refractivity contribution < 1.29 is 4.74 Å². The molecule has 0 aliphatic heterocycles. The van der Waals surface area contributed by atoms with E-state index >= 15 is 0 Å². The van der Waals surface area contributed by atoms with Crippen molar-refractivity contribution in [2.45, 2.75) is 19.8 Å². The van der Waals surface area contributed by atoms with Gasteiger partial charge in [0.2, 0.25) is 5.88 Å². The van der Waals surface area contributed by atoms with Crippen molar-refractivity contribution in [1.29, 1.82) is 0 Å². The molecule has 3 rings (SSSR count). The number of fused-ring (bicyclic) bond motifs is 1. The Labute approximate surface area is 121 Å². The molecule has 0 bridgehead atoms. The molecule has 104 valence electrons. The summed E-state index contributed by atoms with van der Waals surface area (Å²) in [5, 5.41) is 2.02. The van der Waals surface area contributed by atoms with Gasteiger partial charge in [-0.15, -0.1) is 11.3 Å². The highest BCUT2D eigenvalue weighted by Crippen LogP contribution is 2.28. The van der Waals surface area contributed by atoms with Crippen LogP contribution in [0, 0.1) is 0 Å². The first-order chi connectivity index (χ1) is 9.81. The van der Waals surface area contributed by atoms with Crippen molar-refractivity contribution in [2.75, 3.05) is 6.54 Å². The van der Waals surface area contributed by atoms with Crippen LogP contribution in [-0.4, -0.2) is 15.9 Å². The van der Waals surface area contributed by atoms with Gasteiger partial charge >= 0.3 is 0 Å². The van der Waals surface area contributed by atoms with E-state index in [-0.39, 0.29) is 0 Å². The van der Waals surface area contributed by atoms with Gasteiger partial charge in [0.1, 0.15) is 5.75 Å². The zero-order valence-corrected chi connectivity index (χ0v) is 12.2. The van der Waals surface area contributed by atoms with E-state index in [1.807, 2.05) is 23.7 Å². The molecule has 2 heterocycles. The van der Waals surface area contributed by atoms with Gasteiger partial charge in [0.25, 0.3) is 0 Å². The second-order valence-corrected chi connectivity index (χ2v) is 5.43. The Morgan fingerprint density at radius 3 is 3.10 bits per heavy atom. The monoisotopic (exact) mass is 287 g/mol. The molecule has 0 saturated heterocycles. The van der Waals surface area contributed by atoms with Gasteiger partial charge in [0, 0.05) is 18.0 Å². The fraction of sp³-hybridized carbons (Fsp3) is 0.267. The first-order valence-electron chi connectivity index (χ1n) is 6.73. The van der Waals surface area contributed by atoms with Crippen LogP contribution in [0.5, 0.6) is 11.6 Å². The molecular formula is C15H17N3OS. The Balaban J connectivity index is 1.96. The van der Waals surface area contributed by atoms with Crippen molar-refractivity contribution in [1.82, 2.24) is 9.38 Å². The Hall–Kier alpha value is -1.85. The molecule has 4 nitrogen and oxygen atoms in total. The van der Waals surface area contributed by atoms with Gasteiger partial charge in [-0.1, -0.05) is 19.1 Å². The smallest absolute Gasteiger partial charge is 0.242 e. The van der Waals surface area contributed by atoms with Crippen molar-refractivity contribution >= 4 is 16.3 Å². The molecule has 2 aromatic heterocycles. The predicted molar refractivity (Wildman–Crippen MR) is 81.7 cm³/mol. The number of imidazole rings is 1. The summed E-state index contributed by atoms with van der Waals surface area (Å²) in [6.45, 7) is 2.71. The minimum Gasteiger partial charge on any atom is -0.437 e. The minimum atomic E-state index is 0.578. The van der Waals surface area contributed by atoms with E-state index in [1.165, 1.54) is 5.56 Å². The first kappa shape index (κ1) is 13.1. The van der Waals surface area contributed by atoms with Crippen LogP contribution in [0.3, 0.4) is 0 Å². The first-order valence-corrected chi connectivity index (χ1v) is 7.61. The maximum Gasteiger partial charge on any atom is 0.242 e. The highest BCUT2D eigenvalue weighted by Gasteiger charge is 2.14. The summed E-state index contributed by atoms with van der Waals surface area (Å²) in [7, 11) is 0. The third kappa shape index (κ3) is 2.42. The summed E-state index contributed by atoms with van der Waals surface area (Å²) in [5.41, 5.74) is 7.98. The van der Waals surface area contributed by atoms with Crippen LogP contribution in [0.15, 0.2) is 35.8 Å². The molecule has 5 heteroatoms. The topological polar surface area (TPSA) is 52.5 Å². The number of aromatic nitrogens is 2. The third-order valence-electron chi connectivity index (χ3n) is 3.23. The summed E-state index contributed by atoms with van der Waals surface area (Å²) in [6, 6.07) is 8.12. The van der Waals surface area contributed by atoms with E-state index < -0.39 is 0 Å². The predicted octanol–water partition coefficient (Wildman–Crippen LogP) is 3.25. The van der Waals surface area contributed by atoms with Crippen LogP contribution in [0.2, 0.25) is 0 Å². The largest absolute Gasteiger partial charge is 0.437 e. The molecule has 0 fully saturated rings. The molecule has 3 aromatic rings. The number of aryl methyl sites for hydroxylation is 1. The fourth-order valence-electron chi connectivity index (χ4n) is 2.20. The molecule has 0 aliphatic carbocycles. The lowest BCUT2D eigenvalue weighted by molar-refractivity contribution is 0.458. The van der Waals surface area contributed by atoms with E-state index in [2.05, 4.69) is 28.4 Å². The number of thiazole rings is 1. The zero-order chi connectivity index (χ0) is 13.9. The average molecular weight is 287 g/mol. The van der Waals surface area contributed by atoms with Crippen LogP contribution in [0.25, 0.3) is 4.96 Å². The summed E-state index contributed by atoms with van der Waals surface area (Å²) >= 11 is 1.60. The minimum absolute atomic E-state index is 0.578. The Morgan fingerprint density at radius 2 is 2.30 bits per heavy atom. The van der Waals surface area contributed by atoms with Crippen molar-refractivity contribution in [3.05, 3.63) is 47.1 Å². The summed E-state index contributed by atoms with van der Waals surface area (Å²) in [5.74, 6) is 1.49. The number of ether oxygens (including phenoxy) is 1. The zero-order valence-electron chi connectivity index (χ0n) is 11.4. The lowest BCUT2D eigenvalue weighted by Crippen LogP contribution is -2.05. The van der Waals surface area contributed by atoms with Gasteiger partial charge in [0.05, 0.1) is 5.69 Å². The molecule has 1 aromatic carbocycles. The molecule has 20 heavy (non-hydrogen) atoms. The maximum absolute atomic E-state index is 5.97. The maximum atomic E-state index is 5.97. The number of nitrogens with zero attached hydrogens (tertiary/aromatic N) is 2. The summed E-state index contributed by atoms with van der Waals surface area (Å²) < 4.78 is 8.02. The van der Waals surface area contributed by atoms with E-state index in [1.54, 1.807) is 11.3 Å². The number of hydrogen-bond acceptors (Lipinski definition) is 4. The van der Waals surface area contributed by atoms with Crippen LogP contribution >= 0.6 is 11.3 Å². The molecule has 0 spiro atoms. The second-order valence-electron chi connectivity index (χ2n) is 4.56. The van der Waals surface area contributed by atoms with Crippen molar-refractivity contribution in [3.63, 3.8) is 0 Å². The van der Waals surface area contributed by atoms with Gasteiger partial charge in [0.15, 0.2) is 4.96 Å². The standard InChI is InChI=1S/C15H17N3OS/c1-2-11-4-3-5-12(10-11)19-14-13(6-7-16)18-8-9-20-15(18)17-14/h3-5,8-10H,2,6-7,16H2,1H3. The van der Waals surface area contributed by atoms with Crippen LogP contribution in [0.4, 0.5) is 0 Å². The summed E-state index contributed by atoms with van der Waals surface area (Å²) in [6.07, 6.45) is 3.75. The van der Waals surface area contributed by atoms with Crippen LogP contribution < -0.4 is 10.5 Å². The van der Waals surface area contributed by atoms with Crippen molar-refractivity contribution in [3.8, 4) is 11.6 Å². The van der Waals surface area contributed by atoms with Gasteiger partial charge in [-0.3, -0.25) is 4.40 Å². The van der Waals surface area contributed by atoms with Gasteiger partial charge in [-0.25, -0.2) is 0 Å². The quantitative estimate of drug-likeness (QED) is 0.783. The SMILES string of the molecule is CCc1cccc(Oc2nc3sccn3c2CCN)c1. The Bertz CT molecular complexity index is 717. The van der Waals surface area contributed by atoms with E-state index in [0.717, 1.165) is 29.2 Å². The number of nitrogens with two attached hydrogens (primary N) is 1. The molecule has 0 amide bonds. The van der Waals surface area contributed by atoms with Crippen molar-refractivity contribution in [2.24, 2.45) is 5.73 Å². The third-order valence-corrected chi connectivity index (χ3v) is 3.98. The fourth-order valence-corrected chi connectivity index (χ4v) is 2.92. The second kappa shape index (κ2) is 5.64. The Morgan fingerprint density at radius 1 is 1.40 bits per heavy atom. The number of hydrogen-bond donors (Lipinski definition) is 1. The van der Waals surface area contributed by atoms with Gasteiger partial charge < -0.3 is 10.5 Å². The van der Waals surface area contributed by atoms with Gasteiger partial charge in [-0.05, 0) is 30.7 Å². The normalized spacial score (nSPS) is 11.1. The van der Waals surface area contributed by atoms with E-state index in [4.69, 9.17) is 10.5 Å². The van der Waals surface area contributed by atoms with E-state index in [9.17, 15) is 0 Å². The van der Waals surface area contributed by atoms with Crippen LogP contribution in [0.1, 0.15) is 18.2 Å². The summed E-state index contributed by atoms with van der Waals surface area (Å²) in [4.78, 5) is 5.49. The molecule has 0 aliphatic rings. The Kier molecular flexibility index (Phi) is 3.71. The lowest BCUT2D eigenvalue weighted by atomic mass is 10.2. The average Bonchev–Trinajstić information content (AvgIpc) is 3.03. The number of benzene rings is 1. The molecule has 0 atom stereocenters.